The quantitative estimate of drug-likeness (QED) is 0.752. The first-order chi connectivity index (χ1) is 7.31. The van der Waals surface area contributed by atoms with Gasteiger partial charge in [-0.15, -0.1) is 0 Å². The minimum atomic E-state index is -0.324. The molecule has 1 heterocycles. The highest BCUT2D eigenvalue weighted by Gasteiger charge is 2.16. The van der Waals surface area contributed by atoms with Gasteiger partial charge in [-0.05, 0) is 32.7 Å². The van der Waals surface area contributed by atoms with Gasteiger partial charge in [0.1, 0.15) is 0 Å². The zero-order chi connectivity index (χ0) is 10.7. The Labute approximate surface area is 90.3 Å². The van der Waals surface area contributed by atoms with Crippen molar-refractivity contribution in [3.05, 3.63) is 17.7 Å². The van der Waals surface area contributed by atoms with E-state index in [-0.39, 0.29) is 6.10 Å². The molecule has 0 saturated heterocycles. The standard InChI is InChI=1S/C11H19N3O/c1-12-6-9(15)7-14-8-13-10-4-2-3-5-11(10)14/h8-9,12,15H,2-7H2,1H3. The first-order valence-corrected chi connectivity index (χ1v) is 5.67. The number of hydrogen-bond donors (Lipinski definition) is 2. The van der Waals surface area contributed by atoms with Crippen LogP contribution in [-0.4, -0.2) is 34.4 Å². The maximum Gasteiger partial charge on any atom is 0.0952 e. The van der Waals surface area contributed by atoms with E-state index in [1.54, 1.807) is 0 Å². The number of aliphatic hydroxyl groups is 1. The molecule has 1 aliphatic rings. The number of hydrogen-bond acceptors (Lipinski definition) is 3. The van der Waals surface area contributed by atoms with Gasteiger partial charge < -0.3 is 15.0 Å². The molecule has 4 nitrogen and oxygen atoms in total. The van der Waals surface area contributed by atoms with Gasteiger partial charge in [-0.2, -0.15) is 0 Å². The van der Waals surface area contributed by atoms with E-state index in [0.717, 1.165) is 12.8 Å². The summed E-state index contributed by atoms with van der Waals surface area (Å²) in [5, 5.41) is 12.7. The van der Waals surface area contributed by atoms with Gasteiger partial charge in [-0.1, -0.05) is 0 Å². The van der Waals surface area contributed by atoms with Crippen LogP contribution in [0.15, 0.2) is 6.33 Å². The predicted octanol–water partition coefficient (Wildman–Crippen LogP) is 0.342. The van der Waals surface area contributed by atoms with E-state index in [1.165, 1.54) is 24.2 Å². The van der Waals surface area contributed by atoms with E-state index < -0.39 is 0 Å². The van der Waals surface area contributed by atoms with Crippen molar-refractivity contribution in [2.24, 2.45) is 0 Å². The largest absolute Gasteiger partial charge is 0.390 e. The Bertz CT molecular complexity index is 322. The Morgan fingerprint density at radius 3 is 3.13 bits per heavy atom. The van der Waals surface area contributed by atoms with Crippen LogP contribution in [0.25, 0.3) is 0 Å². The molecule has 0 radical (unpaired) electrons. The number of nitrogens with one attached hydrogen (secondary N) is 1. The van der Waals surface area contributed by atoms with Crippen LogP contribution in [0.4, 0.5) is 0 Å². The van der Waals surface area contributed by atoms with Crippen molar-refractivity contribution in [1.29, 1.82) is 0 Å². The average molecular weight is 209 g/mol. The number of fused-ring (bicyclic) bond motifs is 1. The van der Waals surface area contributed by atoms with Gasteiger partial charge >= 0.3 is 0 Å². The number of aromatic nitrogens is 2. The molecule has 0 aliphatic heterocycles. The summed E-state index contributed by atoms with van der Waals surface area (Å²) in [6.45, 7) is 1.29. The predicted molar refractivity (Wildman–Crippen MR) is 58.8 cm³/mol. The Balaban J connectivity index is 2.05. The molecule has 15 heavy (non-hydrogen) atoms. The summed E-state index contributed by atoms with van der Waals surface area (Å²) < 4.78 is 2.11. The van der Waals surface area contributed by atoms with Gasteiger partial charge in [0, 0.05) is 12.2 Å². The van der Waals surface area contributed by atoms with Crippen LogP contribution in [0.1, 0.15) is 24.2 Å². The van der Waals surface area contributed by atoms with Gasteiger partial charge in [-0.3, -0.25) is 0 Å². The van der Waals surface area contributed by atoms with Crippen LogP contribution >= 0.6 is 0 Å². The minimum absolute atomic E-state index is 0.324. The Morgan fingerprint density at radius 2 is 2.33 bits per heavy atom. The minimum Gasteiger partial charge on any atom is -0.390 e. The van der Waals surface area contributed by atoms with Gasteiger partial charge in [0.25, 0.3) is 0 Å². The molecule has 0 bridgehead atoms. The molecule has 84 valence electrons. The molecule has 4 heteroatoms. The number of nitrogens with zero attached hydrogens (tertiary/aromatic N) is 2. The van der Waals surface area contributed by atoms with Gasteiger partial charge in [0.15, 0.2) is 0 Å². The van der Waals surface area contributed by atoms with Crippen molar-refractivity contribution < 1.29 is 5.11 Å². The third kappa shape index (κ3) is 2.38. The molecule has 0 aromatic carbocycles. The molecule has 0 saturated carbocycles. The molecule has 0 spiro atoms. The zero-order valence-electron chi connectivity index (χ0n) is 9.24. The fourth-order valence-corrected chi connectivity index (χ4v) is 2.22. The fraction of sp³-hybridized carbons (Fsp3) is 0.727. The van der Waals surface area contributed by atoms with Crippen LogP contribution < -0.4 is 5.32 Å². The second-order valence-corrected chi connectivity index (χ2v) is 4.21. The van der Waals surface area contributed by atoms with Crippen molar-refractivity contribution in [3.63, 3.8) is 0 Å². The second-order valence-electron chi connectivity index (χ2n) is 4.21. The average Bonchev–Trinajstić information content (AvgIpc) is 2.62. The van der Waals surface area contributed by atoms with Crippen LogP contribution in [0.3, 0.4) is 0 Å². The Kier molecular flexibility index (Phi) is 3.38. The van der Waals surface area contributed by atoms with Crippen molar-refractivity contribution >= 4 is 0 Å². The molecular formula is C11H19N3O. The van der Waals surface area contributed by atoms with Crippen LogP contribution in [-0.2, 0) is 19.4 Å². The molecule has 1 aromatic rings. The molecular weight excluding hydrogens is 190 g/mol. The Hall–Kier alpha value is -0.870. The lowest BCUT2D eigenvalue weighted by Gasteiger charge is -2.16. The molecule has 1 aromatic heterocycles. The van der Waals surface area contributed by atoms with E-state index in [0.29, 0.717) is 13.1 Å². The summed E-state index contributed by atoms with van der Waals surface area (Å²) in [6.07, 6.45) is 6.26. The molecule has 1 unspecified atom stereocenters. The Morgan fingerprint density at radius 1 is 1.53 bits per heavy atom. The third-order valence-electron chi connectivity index (χ3n) is 2.96. The summed E-state index contributed by atoms with van der Waals surface area (Å²) in [6, 6.07) is 0. The number of imidazole rings is 1. The summed E-state index contributed by atoms with van der Waals surface area (Å²) in [4.78, 5) is 4.40. The highest BCUT2D eigenvalue weighted by atomic mass is 16.3. The number of likely N-dealkylation sites (N-methyl/N-ethyl adjacent to an activating group) is 1. The van der Waals surface area contributed by atoms with E-state index in [9.17, 15) is 5.11 Å². The van der Waals surface area contributed by atoms with E-state index in [2.05, 4.69) is 14.9 Å². The van der Waals surface area contributed by atoms with Crippen molar-refractivity contribution in [3.8, 4) is 0 Å². The second kappa shape index (κ2) is 4.77. The van der Waals surface area contributed by atoms with Crippen molar-refractivity contribution in [1.82, 2.24) is 14.9 Å². The molecule has 2 rings (SSSR count). The lowest BCUT2D eigenvalue weighted by molar-refractivity contribution is 0.153. The lowest BCUT2D eigenvalue weighted by atomic mass is 10.0. The summed E-state index contributed by atoms with van der Waals surface area (Å²) >= 11 is 0. The maximum absolute atomic E-state index is 9.71. The summed E-state index contributed by atoms with van der Waals surface area (Å²) in [5.41, 5.74) is 2.56. The van der Waals surface area contributed by atoms with Gasteiger partial charge in [-0.25, -0.2) is 4.98 Å². The van der Waals surface area contributed by atoms with E-state index >= 15 is 0 Å². The first-order valence-electron chi connectivity index (χ1n) is 5.67. The highest BCUT2D eigenvalue weighted by Crippen LogP contribution is 2.19. The zero-order valence-corrected chi connectivity index (χ0v) is 9.24. The van der Waals surface area contributed by atoms with E-state index in [1.807, 2.05) is 13.4 Å². The number of aryl methyl sites for hydroxylation is 1. The van der Waals surface area contributed by atoms with Crippen LogP contribution in [0.2, 0.25) is 0 Å². The molecule has 2 N–H and O–H groups in total. The summed E-state index contributed by atoms with van der Waals surface area (Å²) in [7, 11) is 1.85. The van der Waals surface area contributed by atoms with Crippen molar-refractivity contribution in [2.45, 2.75) is 38.3 Å². The lowest BCUT2D eigenvalue weighted by Crippen LogP contribution is -2.28. The summed E-state index contributed by atoms with van der Waals surface area (Å²) in [5.74, 6) is 0. The molecule has 0 fully saturated rings. The monoisotopic (exact) mass is 209 g/mol. The van der Waals surface area contributed by atoms with Crippen LogP contribution in [0, 0.1) is 0 Å². The fourth-order valence-electron chi connectivity index (χ4n) is 2.22. The van der Waals surface area contributed by atoms with E-state index in [4.69, 9.17) is 0 Å². The topological polar surface area (TPSA) is 50.1 Å². The SMILES string of the molecule is CNCC(O)Cn1cnc2c1CCCC2. The molecule has 0 amide bonds. The maximum atomic E-state index is 9.71. The van der Waals surface area contributed by atoms with Gasteiger partial charge in [0.2, 0.25) is 0 Å². The normalized spacial score (nSPS) is 17.5. The van der Waals surface area contributed by atoms with Crippen LogP contribution in [0.5, 0.6) is 0 Å². The smallest absolute Gasteiger partial charge is 0.0952 e. The number of aliphatic hydroxyl groups excluding tert-OH is 1. The molecule has 1 atom stereocenters. The van der Waals surface area contributed by atoms with Gasteiger partial charge in [0.05, 0.1) is 24.7 Å². The van der Waals surface area contributed by atoms with Crippen molar-refractivity contribution in [2.75, 3.05) is 13.6 Å². The third-order valence-corrected chi connectivity index (χ3v) is 2.96. The number of rotatable bonds is 4. The first kappa shape index (κ1) is 10.6. The molecule has 1 aliphatic carbocycles. The highest BCUT2D eigenvalue weighted by molar-refractivity contribution is 5.16.